The molecule has 1 aromatic heterocycles. The highest BCUT2D eigenvalue weighted by molar-refractivity contribution is 6.30. The Balaban J connectivity index is 1.87. The summed E-state index contributed by atoms with van der Waals surface area (Å²) >= 11 is 5.98. The molecule has 0 atom stereocenters. The lowest BCUT2D eigenvalue weighted by Crippen LogP contribution is -2.47. The zero-order valence-corrected chi connectivity index (χ0v) is 17.2. The van der Waals surface area contributed by atoms with E-state index in [1.807, 2.05) is 13.8 Å². The smallest absolute Gasteiger partial charge is 0.241 e. The van der Waals surface area contributed by atoms with Gasteiger partial charge in [-0.3, -0.25) is 9.36 Å². The van der Waals surface area contributed by atoms with Crippen LogP contribution in [0.2, 0.25) is 5.02 Å². The van der Waals surface area contributed by atoms with Crippen molar-refractivity contribution in [2.24, 2.45) is 5.73 Å². The average molecular weight is 427 g/mol. The van der Waals surface area contributed by atoms with Gasteiger partial charge in [0.2, 0.25) is 11.8 Å². The fraction of sp³-hybridized carbons (Fsp3) is 0.182. The van der Waals surface area contributed by atoms with Crippen LogP contribution in [0.15, 0.2) is 54.7 Å². The number of carbonyl (C=O) groups excluding carboxylic acids is 1. The molecule has 2 N–H and O–H groups in total. The maximum Gasteiger partial charge on any atom is 0.241 e. The van der Waals surface area contributed by atoms with E-state index in [-0.39, 0.29) is 18.3 Å². The van der Waals surface area contributed by atoms with E-state index in [1.54, 1.807) is 58.3 Å². The predicted octanol–water partition coefficient (Wildman–Crippen LogP) is 4.60. The number of nitrogens with two attached hydrogens (primary N) is 1. The van der Waals surface area contributed by atoms with Crippen LogP contribution in [-0.2, 0) is 10.3 Å². The predicted molar refractivity (Wildman–Crippen MR) is 113 cm³/mol. The van der Waals surface area contributed by atoms with Gasteiger partial charge >= 0.3 is 0 Å². The zero-order chi connectivity index (χ0) is 21.5. The number of imidazole rings is 1. The van der Waals surface area contributed by atoms with E-state index in [2.05, 4.69) is 0 Å². The van der Waals surface area contributed by atoms with E-state index in [1.165, 1.54) is 12.1 Å². The Morgan fingerprint density at radius 3 is 2.43 bits per heavy atom. The summed E-state index contributed by atoms with van der Waals surface area (Å²) in [5, 5.41) is 0.591. The van der Waals surface area contributed by atoms with Gasteiger partial charge in [-0.1, -0.05) is 11.6 Å². The van der Waals surface area contributed by atoms with Gasteiger partial charge < -0.3 is 15.4 Å². The monoisotopic (exact) mass is 426 g/mol. The van der Waals surface area contributed by atoms with Gasteiger partial charge in [0.1, 0.15) is 28.6 Å². The topological polar surface area (TPSA) is 73.4 Å². The molecule has 1 aliphatic rings. The maximum atomic E-state index is 13.5. The van der Waals surface area contributed by atoms with Crippen molar-refractivity contribution >= 4 is 23.7 Å². The highest BCUT2D eigenvalue weighted by atomic mass is 35.5. The quantitative estimate of drug-likeness (QED) is 0.661. The number of halogens is 2. The molecule has 0 unspecified atom stereocenters. The number of nitrogens with zero attached hydrogens (tertiary/aromatic N) is 3. The van der Waals surface area contributed by atoms with E-state index < -0.39 is 5.54 Å². The number of aromatic nitrogens is 2. The highest BCUT2D eigenvalue weighted by Crippen LogP contribution is 2.41. The van der Waals surface area contributed by atoms with Crippen molar-refractivity contribution in [3.05, 3.63) is 71.4 Å². The second kappa shape index (κ2) is 7.59. The first kappa shape index (κ1) is 20.1. The van der Waals surface area contributed by atoms with E-state index in [0.717, 1.165) is 0 Å². The molecule has 2 heterocycles. The molecule has 0 saturated carbocycles. The van der Waals surface area contributed by atoms with E-state index in [4.69, 9.17) is 27.1 Å². The number of ether oxygens (including phenoxy) is 1. The molecular formula is C22H20ClFN4O2. The van der Waals surface area contributed by atoms with E-state index in [0.29, 0.717) is 33.7 Å². The number of carbonyl (C=O) groups is 1. The minimum Gasteiger partial charge on any atom is -0.438 e. The van der Waals surface area contributed by atoms with Crippen molar-refractivity contribution < 1.29 is 13.9 Å². The summed E-state index contributed by atoms with van der Waals surface area (Å²) in [6.45, 7) is 3.64. The number of rotatable bonds is 4. The van der Waals surface area contributed by atoms with Crippen LogP contribution in [-0.4, -0.2) is 26.9 Å². The Hall–Kier alpha value is -3.16. The molecule has 30 heavy (non-hydrogen) atoms. The average Bonchev–Trinajstić information content (AvgIpc) is 3.09. The zero-order valence-electron chi connectivity index (χ0n) is 16.5. The second-order valence-corrected chi connectivity index (χ2v) is 7.78. The van der Waals surface area contributed by atoms with Crippen LogP contribution < -0.4 is 10.5 Å². The van der Waals surface area contributed by atoms with Gasteiger partial charge in [-0.25, -0.2) is 9.37 Å². The van der Waals surface area contributed by atoms with Crippen LogP contribution in [0.1, 0.15) is 19.7 Å². The molecule has 0 radical (unpaired) electrons. The lowest BCUT2D eigenvalue weighted by molar-refractivity contribution is -0.132. The molecule has 1 aliphatic heterocycles. The fourth-order valence-electron chi connectivity index (χ4n) is 3.42. The summed E-state index contributed by atoms with van der Waals surface area (Å²) in [5.41, 5.74) is 6.01. The lowest BCUT2D eigenvalue weighted by atomic mass is 10.0. The Kier molecular flexibility index (Phi) is 5.09. The molecule has 1 amide bonds. The summed E-state index contributed by atoms with van der Waals surface area (Å²) in [6.07, 6.45) is 3.37. The van der Waals surface area contributed by atoms with Gasteiger partial charge in [0.15, 0.2) is 0 Å². The van der Waals surface area contributed by atoms with Gasteiger partial charge in [-0.2, -0.15) is 0 Å². The fourth-order valence-corrected chi connectivity index (χ4v) is 3.54. The van der Waals surface area contributed by atoms with Crippen molar-refractivity contribution in [2.75, 3.05) is 6.54 Å². The van der Waals surface area contributed by atoms with Crippen molar-refractivity contribution in [3.8, 4) is 22.9 Å². The molecular weight excluding hydrogens is 407 g/mol. The van der Waals surface area contributed by atoms with E-state index in [9.17, 15) is 9.18 Å². The number of amides is 1. The summed E-state index contributed by atoms with van der Waals surface area (Å²) in [7, 11) is 0. The Bertz CT molecular complexity index is 1120. The molecule has 0 aliphatic carbocycles. The number of hydrogen-bond acceptors (Lipinski definition) is 4. The van der Waals surface area contributed by atoms with Crippen LogP contribution in [0, 0.1) is 5.82 Å². The number of hydrogen-bond donors (Lipinski definition) is 1. The minimum absolute atomic E-state index is 0.118. The Labute approximate surface area is 178 Å². The largest absolute Gasteiger partial charge is 0.438 e. The third kappa shape index (κ3) is 3.46. The normalized spacial score (nSPS) is 14.5. The highest BCUT2D eigenvalue weighted by Gasteiger charge is 2.39. The molecule has 0 bridgehead atoms. The molecule has 3 aromatic rings. The molecule has 8 heteroatoms. The van der Waals surface area contributed by atoms with Gasteiger partial charge in [0, 0.05) is 23.0 Å². The van der Waals surface area contributed by atoms with Crippen LogP contribution in [0.4, 0.5) is 4.39 Å². The third-order valence-electron chi connectivity index (χ3n) is 4.97. The lowest BCUT2D eigenvalue weighted by Gasteiger charge is -2.38. The van der Waals surface area contributed by atoms with Crippen LogP contribution in [0.3, 0.4) is 0 Å². The third-order valence-corrected chi connectivity index (χ3v) is 5.22. The van der Waals surface area contributed by atoms with Crippen LogP contribution in [0.25, 0.3) is 17.5 Å². The van der Waals surface area contributed by atoms with Gasteiger partial charge in [-0.15, -0.1) is 0 Å². The van der Waals surface area contributed by atoms with E-state index >= 15 is 0 Å². The molecule has 0 fully saturated rings. The second-order valence-electron chi connectivity index (χ2n) is 7.35. The Morgan fingerprint density at radius 2 is 1.80 bits per heavy atom. The summed E-state index contributed by atoms with van der Waals surface area (Å²) in [6, 6.07) is 13.0. The Morgan fingerprint density at radius 1 is 1.13 bits per heavy atom. The van der Waals surface area contributed by atoms with Crippen molar-refractivity contribution in [1.82, 2.24) is 14.5 Å². The molecule has 6 nitrogen and oxygen atoms in total. The number of fused-ring (bicyclic) bond motifs is 1. The van der Waals surface area contributed by atoms with Gasteiger partial charge in [0.05, 0.1) is 6.54 Å². The first-order valence-electron chi connectivity index (χ1n) is 9.34. The summed E-state index contributed by atoms with van der Waals surface area (Å²) in [4.78, 5) is 18.7. The van der Waals surface area contributed by atoms with Crippen molar-refractivity contribution in [3.63, 3.8) is 0 Å². The SMILES string of the molecule is CC1(C)c2nc(-c3ccc(F)cc3)c(Oc3ccc(Cl)cc3)n2C=CN1C(=O)CN. The molecule has 154 valence electrons. The molecule has 4 rings (SSSR count). The molecule has 2 aromatic carbocycles. The maximum absolute atomic E-state index is 13.5. The van der Waals surface area contributed by atoms with Crippen LogP contribution in [0.5, 0.6) is 11.6 Å². The first-order valence-corrected chi connectivity index (χ1v) is 9.71. The summed E-state index contributed by atoms with van der Waals surface area (Å²) in [5.74, 6) is 1.03. The molecule has 0 spiro atoms. The minimum atomic E-state index is -0.776. The van der Waals surface area contributed by atoms with Crippen molar-refractivity contribution in [1.29, 1.82) is 0 Å². The molecule has 0 saturated heterocycles. The first-order chi connectivity index (χ1) is 14.3. The standard InChI is InChI=1S/C22H20ClFN4O2/c1-22(2)21-26-19(14-3-7-16(24)8-4-14)20(30-17-9-5-15(23)6-10-17)27(21)11-12-28(22)18(29)13-25/h3-12H,13,25H2,1-2H3. The summed E-state index contributed by atoms with van der Waals surface area (Å²) < 4.78 is 21.4. The van der Waals surface area contributed by atoms with Gasteiger partial charge in [0.25, 0.3) is 0 Å². The van der Waals surface area contributed by atoms with Crippen molar-refractivity contribution in [2.45, 2.75) is 19.4 Å². The van der Waals surface area contributed by atoms with Gasteiger partial charge in [-0.05, 0) is 62.4 Å². The number of benzene rings is 2. The van der Waals surface area contributed by atoms with Crippen LogP contribution >= 0.6 is 11.6 Å².